The summed E-state index contributed by atoms with van der Waals surface area (Å²) in [6.07, 6.45) is 2.16. The van der Waals surface area contributed by atoms with Crippen LogP contribution in [0.4, 0.5) is 0 Å². The molecule has 2 saturated heterocycles. The standard InChI is InChI=1S/C18H33N5O2/c1-6-19-17(20-11-15(24)21-9-7-8-10-21)22-12-16(25)23(14(2)3)18(4,5)13-22/h14H,6-13H2,1-5H3,(H,19,20). The lowest BCUT2D eigenvalue weighted by atomic mass is 9.96. The normalized spacial score (nSPS) is 21.3. The predicted octanol–water partition coefficient (Wildman–Crippen LogP) is 0.906. The topological polar surface area (TPSA) is 68.2 Å². The number of piperazine rings is 1. The molecule has 1 N–H and O–H groups in total. The zero-order valence-corrected chi connectivity index (χ0v) is 16.3. The number of carbonyl (C=O) groups is 2. The molecular formula is C18H33N5O2. The highest BCUT2D eigenvalue weighted by Gasteiger charge is 2.40. The van der Waals surface area contributed by atoms with Crippen LogP contribution in [0.25, 0.3) is 0 Å². The smallest absolute Gasteiger partial charge is 0.244 e. The zero-order chi connectivity index (χ0) is 18.6. The summed E-state index contributed by atoms with van der Waals surface area (Å²) in [7, 11) is 0. The summed E-state index contributed by atoms with van der Waals surface area (Å²) in [6.45, 7) is 13.8. The van der Waals surface area contributed by atoms with Gasteiger partial charge in [0.1, 0.15) is 6.54 Å². The second-order valence-electron chi connectivity index (χ2n) is 7.78. The van der Waals surface area contributed by atoms with E-state index < -0.39 is 0 Å². The second-order valence-corrected chi connectivity index (χ2v) is 7.78. The van der Waals surface area contributed by atoms with Gasteiger partial charge in [-0.3, -0.25) is 9.59 Å². The minimum absolute atomic E-state index is 0.0688. The van der Waals surface area contributed by atoms with Crippen molar-refractivity contribution in [3.63, 3.8) is 0 Å². The summed E-state index contributed by atoms with van der Waals surface area (Å²) in [4.78, 5) is 35.2. The Labute approximate surface area is 151 Å². The van der Waals surface area contributed by atoms with E-state index in [0.717, 1.165) is 25.9 Å². The van der Waals surface area contributed by atoms with Crippen LogP contribution in [0.1, 0.15) is 47.5 Å². The highest BCUT2D eigenvalue weighted by atomic mass is 16.2. The molecule has 0 radical (unpaired) electrons. The summed E-state index contributed by atoms with van der Waals surface area (Å²) in [5, 5.41) is 3.24. The van der Waals surface area contributed by atoms with Crippen LogP contribution in [0.3, 0.4) is 0 Å². The van der Waals surface area contributed by atoms with Gasteiger partial charge in [-0.15, -0.1) is 0 Å². The molecule has 0 aromatic heterocycles. The van der Waals surface area contributed by atoms with E-state index in [1.807, 2.05) is 35.5 Å². The van der Waals surface area contributed by atoms with Crippen molar-refractivity contribution in [2.24, 2.45) is 4.99 Å². The third-order valence-electron chi connectivity index (χ3n) is 4.80. The molecule has 142 valence electrons. The Morgan fingerprint density at radius 2 is 1.88 bits per heavy atom. The lowest BCUT2D eigenvalue weighted by molar-refractivity contribution is -0.145. The number of likely N-dealkylation sites (tertiary alicyclic amines) is 1. The van der Waals surface area contributed by atoms with Gasteiger partial charge in [0, 0.05) is 32.2 Å². The highest BCUT2D eigenvalue weighted by Crippen LogP contribution is 2.24. The van der Waals surface area contributed by atoms with E-state index in [2.05, 4.69) is 24.2 Å². The fourth-order valence-electron chi connectivity index (χ4n) is 3.95. The van der Waals surface area contributed by atoms with E-state index in [1.165, 1.54) is 0 Å². The third-order valence-corrected chi connectivity index (χ3v) is 4.80. The molecule has 0 saturated carbocycles. The van der Waals surface area contributed by atoms with Crippen LogP contribution in [-0.4, -0.2) is 83.3 Å². The van der Waals surface area contributed by atoms with Crippen LogP contribution in [0.5, 0.6) is 0 Å². The minimum Gasteiger partial charge on any atom is -0.356 e. The number of carbonyl (C=O) groups excluding carboxylic acids is 2. The quantitative estimate of drug-likeness (QED) is 0.604. The molecule has 0 aromatic rings. The minimum atomic E-state index is -0.279. The molecule has 2 heterocycles. The molecule has 2 amide bonds. The first-order chi connectivity index (χ1) is 11.8. The summed E-state index contributed by atoms with van der Waals surface area (Å²) in [5.41, 5.74) is -0.279. The summed E-state index contributed by atoms with van der Waals surface area (Å²) >= 11 is 0. The van der Waals surface area contributed by atoms with Gasteiger partial charge >= 0.3 is 0 Å². The van der Waals surface area contributed by atoms with Crippen molar-refractivity contribution in [1.82, 2.24) is 20.0 Å². The molecule has 0 spiro atoms. The Kier molecular flexibility index (Phi) is 6.30. The van der Waals surface area contributed by atoms with Gasteiger partial charge in [-0.05, 0) is 47.5 Å². The van der Waals surface area contributed by atoms with Crippen LogP contribution < -0.4 is 5.32 Å². The molecule has 2 aliphatic heterocycles. The van der Waals surface area contributed by atoms with Gasteiger partial charge in [0.05, 0.1) is 12.1 Å². The van der Waals surface area contributed by atoms with Crippen LogP contribution >= 0.6 is 0 Å². The zero-order valence-electron chi connectivity index (χ0n) is 16.3. The average Bonchev–Trinajstić information content (AvgIpc) is 3.03. The van der Waals surface area contributed by atoms with Gasteiger partial charge in [0.25, 0.3) is 0 Å². The Balaban J connectivity index is 2.10. The highest BCUT2D eigenvalue weighted by molar-refractivity contribution is 5.90. The van der Waals surface area contributed by atoms with E-state index >= 15 is 0 Å². The van der Waals surface area contributed by atoms with Crippen LogP contribution in [0, 0.1) is 0 Å². The van der Waals surface area contributed by atoms with Gasteiger partial charge < -0.3 is 20.0 Å². The van der Waals surface area contributed by atoms with Gasteiger partial charge in [-0.25, -0.2) is 4.99 Å². The maximum atomic E-state index is 12.6. The summed E-state index contributed by atoms with van der Waals surface area (Å²) < 4.78 is 0. The van der Waals surface area contributed by atoms with Crippen molar-refractivity contribution in [1.29, 1.82) is 0 Å². The van der Waals surface area contributed by atoms with Crippen molar-refractivity contribution in [3.8, 4) is 0 Å². The van der Waals surface area contributed by atoms with Crippen molar-refractivity contribution in [3.05, 3.63) is 0 Å². The molecule has 2 aliphatic rings. The van der Waals surface area contributed by atoms with Crippen LogP contribution in [-0.2, 0) is 9.59 Å². The second kappa shape index (κ2) is 8.06. The van der Waals surface area contributed by atoms with E-state index in [0.29, 0.717) is 25.6 Å². The number of nitrogens with one attached hydrogen (secondary N) is 1. The van der Waals surface area contributed by atoms with Crippen LogP contribution in [0.15, 0.2) is 4.99 Å². The van der Waals surface area contributed by atoms with E-state index in [4.69, 9.17) is 0 Å². The molecule has 0 atom stereocenters. The maximum Gasteiger partial charge on any atom is 0.244 e. The molecule has 7 nitrogen and oxygen atoms in total. The Hall–Kier alpha value is -1.79. The van der Waals surface area contributed by atoms with E-state index in [-0.39, 0.29) is 29.9 Å². The summed E-state index contributed by atoms with van der Waals surface area (Å²) in [5.74, 6) is 0.821. The first-order valence-electron chi connectivity index (χ1n) is 9.39. The summed E-state index contributed by atoms with van der Waals surface area (Å²) in [6, 6.07) is 0.168. The molecule has 25 heavy (non-hydrogen) atoms. The molecule has 7 heteroatoms. The fourth-order valence-corrected chi connectivity index (χ4v) is 3.95. The monoisotopic (exact) mass is 351 g/mol. The first-order valence-corrected chi connectivity index (χ1v) is 9.39. The number of amides is 2. The van der Waals surface area contributed by atoms with Gasteiger partial charge in [0.15, 0.2) is 5.96 Å². The Bertz CT molecular complexity index is 524. The first kappa shape index (κ1) is 19.5. The number of aliphatic imine (C=N–C) groups is 1. The van der Waals surface area contributed by atoms with Crippen LogP contribution in [0.2, 0.25) is 0 Å². The Morgan fingerprint density at radius 1 is 1.24 bits per heavy atom. The lowest BCUT2D eigenvalue weighted by Gasteiger charge is -2.49. The number of nitrogens with zero attached hydrogens (tertiary/aromatic N) is 4. The fraction of sp³-hybridized carbons (Fsp3) is 0.833. The molecule has 2 fully saturated rings. The molecule has 0 aromatic carbocycles. The SMILES string of the molecule is CCNC(=NCC(=O)N1CCCC1)N1CC(=O)N(C(C)C)C(C)(C)C1. The maximum absolute atomic E-state index is 12.6. The van der Waals surface area contributed by atoms with Gasteiger partial charge in [0.2, 0.25) is 11.8 Å². The third kappa shape index (κ3) is 4.64. The van der Waals surface area contributed by atoms with Crippen molar-refractivity contribution in [2.45, 2.75) is 59.0 Å². The largest absolute Gasteiger partial charge is 0.356 e. The molecule has 0 bridgehead atoms. The lowest BCUT2D eigenvalue weighted by Crippen LogP contribution is -2.66. The van der Waals surface area contributed by atoms with E-state index in [9.17, 15) is 9.59 Å². The molecule has 0 aliphatic carbocycles. The molecular weight excluding hydrogens is 318 g/mol. The van der Waals surface area contributed by atoms with Crippen molar-refractivity contribution in [2.75, 3.05) is 39.3 Å². The van der Waals surface area contributed by atoms with Gasteiger partial charge in [-0.1, -0.05) is 0 Å². The average molecular weight is 351 g/mol. The van der Waals surface area contributed by atoms with Gasteiger partial charge in [-0.2, -0.15) is 0 Å². The van der Waals surface area contributed by atoms with E-state index in [1.54, 1.807) is 0 Å². The number of rotatable bonds is 4. The number of hydrogen-bond donors (Lipinski definition) is 1. The molecule has 2 rings (SSSR count). The number of hydrogen-bond acceptors (Lipinski definition) is 3. The predicted molar refractivity (Wildman–Crippen MR) is 99.4 cm³/mol. The Morgan fingerprint density at radius 3 is 2.40 bits per heavy atom. The van der Waals surface area contributed by atoms with Crippen molar-refractivity contribution < 1.29 is 9.59 Å². The van der Waals surface area contributed by atoms with Crippen molar-refractivity contribution >= 4 is 17.8 Å². The number of guanidine groups is 1. The molecule has 0 unspecified atom stereocenters.